The number of carbonyl (C=O) groups excluding carboxylic acids is 1. The van der Waals surface area contributed by atoms with E-state index in [1.807, 2.05) is 0 Å². The highest BCUT2D eigenvalue weighted by molar-refractivity contribution is 6.30. The van der Waals surface area contributed by atoms with Crippen molar-refractivity contribution in [2.24, 2.45) is 0 Å². The van der Waals surface area contributed by atoms with Crippen molar-refractivity contribution < 1.29 is 18.3 Å². The fraction of sp³-hybridized carbons (Fsp3) is 0.375. The molecule has 8 heteroatoms. The van der Waals surface area contributed by atoms with Gasteiger partial charge in [0.15, 0.2) is 11.9 Å². The Labute approximate surface area is 141 Å². The summed E-state index contributed by atoms with van der Waals surface area (Å²) in [6.07, 6.45) is 0.645. The summed E-state index contributed by atoms with van der Waals surface area (Å²) in [5.74, 6) is -0.711. The number of hydrogen-bond donors (Lipinski definition) is 1. The lowest BCUT2D eigenvalue weighted by Gasteiger charge is -2.19. The summed E-state index contributed by atoms with van der Waals surface area (Å²) in [6, 6.07) is 4.35. The molecule has 2 heterocycles. The monoisotopic (exact) mass is 353 g/mol. The van der Waals surface area contributed by atoms with E-state index >= 15 is 0 Å². The van der Waals surface area contributed by atoms with Crippen LogP contribution in [-0.2, 0) is 6.54 Å². The summed E-state index contributed by atoms with van der Waals surface area (Å²) in [5.41, 5.74) is 0.875. The summed E-state index contributed by atoms with van der Waals surface area (Å²) >= 11 is 5.73. The molecule has 0 saturated heterocycles. The standard InChI is InChI=1S/C16H14ClF2N3O2/c17-11-4-1-8(5-12(11)19)13-14(15(23)20-10-2-3-10)21-22-6-9(18)7-24-16(13)22/h1,4-5,9-10H,2-3,6-7H2,(H,20,23). The zero-order valence-corrected chi connectivity index (χ0v) is 13.3. The van der Waals surface area contributed by atoms with Crippen molar-refractivity contribution in [1.82, 2.24) is 15.1 Å². The minimum absolute atomic E-state index is 0.00485. The van der Waals surface area contributed by atoms with E-state index in [9.17, 15) is 13.6 Å². The predicted octanol–water partition coefficient (Wildman–Crippen LogP) is 2.97. The highest BCUT2D eigenvalue weighted by atomic mass is 35.5. The van der Waals surface area contributed by atoms with Crippen molar-refractivity contribution in [2.75, 3.05) is 6.61 Å². The van der Waals surface area contributed by atoms with E-state index in [2.05, 4.69) is 10.4 Å². The van der Waals surface area contributed by atoms with Gasteiger partial charge in [-0.25, -0.2) is 13.5 Å². The van der Waals surface area contributed by atoms with Crippen molar-refractivity contribution in [3.8, 4) is 17.0 Å². The fourth-order valence-corrected chi connectivity index (χ4v) is 2.80. The Morgan fingerprint density at radius 3 is 2.92 bits per heavy atom. The maximum atomic E-state index is 13.9. The van der Waals surface area contributed by atoms with Gasteiger partial charge in [0.2, 0.25) is 5.88 Å². The van der Waals surface area contributed by atoms with Gasteiger partial charge in [-0.2, -0.15) is 5.10 Å². The lowest BCUT2D eigenvalue weighted by molar-refractivity contribution is 0.0944. The minimum atomic E-state index is -1.20. The number of nitrogens with zero attached hydrogens (tertiary/aromatic N) is 2. The van der Waals surface area contributed by atoms with Crippen LogP contribution in [0.25, 0.3) is 11.1 Å². The average Bonchev–Trinajstić information content (AvgIpc) is 3.27. The predicted molar refractivity (Wildman–Crippen MR) is 83.5 cm³/mol. The average molecular weight is 354 g/mol. The molecule has 126 valence electrons. The highest BCUT2D eigenvalue weighted by Gasteiger charge is 2.32. The molecule has 1 N–H and O–H groups in total. The van der Waals surface area contributed by atoms with E-state index < -0.39 is 12.0 Å². The van der Waals surface area contributed by atoms with Gasteiger partial charge < -0.3 is 10.1 Å². The number of hydrogen-bond acceptors (Lipinski definition) is 3. The molecule has 0 spiro atoms. The van der Waals surface area contributed by atoms with E-state index in [4.69, 9.17) is 16.3 Å². The zero-order valence-electron chi connectivity index (χ0n) is 12.6. The lowest BCUT2D eigenvalue weighted by atomic mass is 10.0. The summed E-state index contributed by atoms with van der Waals surface area (Å²) < 4.78 is 34.2. The number of nitrogens with one attached hydrogen (secondary N) is 1. The number of aromatic nitrogens is 2. The summed E-state index contributed by atoms with van der Waals surface area (Å²) in [5, 5.41) is 7.02. The van der Waals surface area contributed by atoms with E-state index in [-0.39, 0.29) is 41.7 Å². The Bertz CT molecular complexity index is 820. The van der Waals surface area contributed by atoms with E-state index in [1.54, 1.807) is 6.07 Å². The quantitative estimate of drug-likeness (QED) is 0.923. The van der Waals surface area contributed by atoms with Crippen LogP contribution in [0.1, 0.15) is 23.3 Å². The van der Waals surface area contributed by atoms with Crippen molar-refractivity contribution in [2.45, 2.75) is 31.6 Å². The van der Waals surface area contributed by atoms with Crippen LogP contribution >= 0.6 is 11.6 Å². The molecule has 1 amide bonds. The largest absolute Gasteiger partial charge is 0.474 e. The van der Waals surface area contributed by atoms with E-state index in [1.165, 1.54) is 16.8 Å². The zero-order chi connectivity index (χ0) is 16.8. The van der Waals surface area contributed by atoms with Gasteiger partial charge in [-0.15, -0.1) is 0 Å². The van der Waals surface area contributed by atoms with Gasteiger partial charge in [-0.3, -0.25) is 4.79 Å². The second kappa shape index (κ2) is 5.73. The van der Waals surface area contributed by atoms with Crippen LogP contribution in [0.2, 0.25) is 5.02 Å². The molecular weight excluding hydrogens is 340 g/mol. The first kappa shape index (κ1) is 15.4. The van der Waals surface area contributed by atoms with Crippen LogP contribution < -0.4 is 10.1 Å². The third-order valence-corrected chi connectivity index (χ3v) is 4.32. The normalized spacial score (nSPS) is 19.5. The molecule has 1 aromatic heterocycles. The van der Waals surface area contributed by atoms with Gasteiger partial charge in [0.25, 0.3) is 5.91 Å². The number of ether oxygens (including phenoxy) is 1. The second-order valence-electron chi connectivity index (χ2n) is 6.00. The molecule has 0 radical (unpaired) electrons. The molecule has 5 nitrogen and oxygen atoms in total. The van der Waals surface area contributed by atoms with Gasteiger partial charge in [-0.1, -0.05) is 17.7 Å². The van der Waals surface area contributed by atoms with Crippen LogP contribution in [0.3, 0.4) is 0 Å². The fourth-order valence-electron chi connectivity index (χ4n) is 2.68. The summed E-state index contributed by atoms with van der Waals surface area (Å²) in [4.78, 5) is 12.5. The van der Waals surface area contributed by atoms with Crippen LogP contribution in [0.15, 0.2) is 18.2 Å². The van der Waals surface area contributed by atoms with E-state index in [0.29, 0.717) is 11.1 Å². The topological polar surface area (TPSA) is 56.2 Å². The molecule has 1 fully saturated rings. The maximum Gasteiger partial charge on any atom is 0.272 e. The van der Waals surface area contributed by atoms with Crippen LogP contribution in [0.5, 0.6) is 5.88 Å². The van der Waals surface area contributed by atoms with Crippen molar-refractivity contribution in [3.05, 3.63) is 34.7 Å². The molecule has 1 unspecified atom stereocenters. The molecule has 2 aromatic rings. The molecule has 2 aliphatic rings. The number of alkyl halides is 1. The number of amides is 1. The smallest absolute Gasteiger partial charge is 0.272 e. The Balaban J connectivity index is 1.82. The molecule has 1 aliphatic heterocycles. The highest BCUT2D eigenvalue weighted by Crippen LogP contribution is 2.37. The third kappa shape index (κ3) is 2.73. The van der Waals surface area contributed by atoms with Gasteiger partial charge in [-0.05, 0) is 30.5 Å². The molecule has 1 aromatic carbocycles. The molecule has 0 bridgehead atoms. The molecule has 1 atom stereocenters. The SMILES string of the molecule is O=C(NC1CC1)c1nn2c(c1-c1ccc(Cl)c(F)c1)OCC(F)C2. The molecule has 1 aliphatic carbocycles. The Hall–Kier alpha value is -2.15. The third-order valence-electron chi connectivity index (χ3n) is 4.01. The second-order valence-corrected chi connectivity index (χ2v) is 6.40. The van der Waals surface area contributed by atoms with Crippen LogP contribution in [0.4, 0.5) is 8.78 Å². The Morgan fingerprint density at radius 1 is 1.42 bits per heavy atom. The molecular formula is C16H14ClF2N3O2. The first-order valence-corrected chi connectivity index (χ1v) is 8.04. The summed E-state index contributed by atoms with van der Waals surface area (Å²) in [6.45, 7) is -0.131. The number of benzene rings is 1. The number of halogens is 3. The van der Waals surface area contributed by atoms with Crippen LogP contribution in [0, 0.1) is 5.82 Å². The van der Waals surface area contributed by atoms with Crippen molar-refractivity contribution >= 4 is 17.5 Å². The van der Waals surface area contributed by atoms with Gasteiger partial charge >= 0.3 is 0 Å². The number of carbonyl (C=O) groups is 1. The van der Waals surface area contributed by atoms with Crippen molar-refractivity contribution in [3.63, 3.8) is 0 Å². The number of rotatable bonds is 3. The van der Waals surface area contributed by atoms with Gasteiger partial charge in [0, 0.05) is 6.04 Å². The molecule has 24 heavy (non-hydrogen) atoms. The molecule has 4 rings (SSSR count). The summed E-state index contributed by atoms with van der Waals surface area (Å²) in [7, 11) is 0. The van der Waals surface area contributed by atoms with Gasteiger partial charge in [0.1, 0.15) is 12.4 Å². The number of fused-ring (bicyclic) bond motifs is 1. The van der Waals surface area contributed by atoms with Crippen molar-refractivity contribution in [1.29, 1.82) is 0 Å². The Morgan fingerprint density at radius 2 is 2.21 bits per heavy atom. The first-order chi connectivity index (χ1) is 11.5. The molecule has 1 saturated carbocycles. The van der Waals surface area contributed by atoms with Crippen LogP contribution in [-0.4, -0.2) is 34.5 Å². The van der Waals surface area contributed by atoms with Gasteiger partial charge in [0.05, 0.1) is 17.1 Å². The first-order valence-electron chi connectivity index (χ1n) is 7.67. The van der Waals surface area contributed by atoms with E-state index in [0.717, 1.165) is 12.8 Å². The lowest BCUT2D eigenvalue weighted by Crippen LogP contribution is -2.27. The minimum Gasteiger partial charge on any atom is -0.474 e. The Kier molecular flexibility index (Phi) is 3.68. The maximum absolute atomic E-state index is 13.9.